The first-order valence-electron chi connectivity index (χ1n) is 11.4. The van der Waals surface area contributed by atoms with Crippen molar-refractivity contribution in [2.45, 2.75) is 26.1 Å². The molecule has 182 valence electrons. The lowest BCUT2D eigenvalue weighted by atomic mass is 10.2. The van der Waals surface area contributed by atoms with E-state index in [4.69, 9.17) is 14.2 Å². The average Bonchev–Trinajstić information content (AvgIpc) is 3.30. The van der Waals surface area contributed by atoms with Crippen molar-refractivity contribution >= 4 is 21.6 Å². The summed E-state index contributed by atoms with van der Waals surface area (Å²) in [5, 5.41) is 1.86. The van der Waals surface area contributed by atoms with E-state index in [2.05, 4.69) is 28.7 Å². The first-order chi connectivity index (χ1) is 16.9. The molecule has 2 unspecified atom stereocenters. The molecule has 1 saturated heterocycles. The highest BCUT2D eigenvalue weighted by Gasteiger charge is 2.22. The van der Waals surface area contributed by atoms with Crippen molar-refractivity contribution in [1.29, 1.82) is 0 Å². The maximum atomic E-state index is 14.2. The SMILES string of the molecule is CC1CN(CCOc2cccc(-c3nc(Oc4ccc(F)cc4F)c4sccc4n3)c2)CC(C)O1. The summed E-state index contributed by atoms with van der Waals surface area (Å²) in [5.74, 6) is -0.224. The second-order valence-corrected chi connectivity index (χ2v) is 9.47. The third-order valence-electron chi connectivity index (χ3n) is 5.64. The Hall–Kier alpha value is -3.14. The number of nitrogens with zero attached hydrogens (tertiary/aromatic N) is 3. The third-order valence-corrected chi connectivity index (χ3v) is 6.53. The number of hydrogen-bond donors (Lipinski definition) is 0. The molecule has 2 aromatic heterocycles. The Morgan fingerprint density at radius 1 is 1.06 bits per heavy atom. The molecule has 1 fully saturated rings. The molecule has 0 N–H and O–H groups in total. The van der Waals surface area contributed by atoms with Crippen molar-refractivity contribution < 1.29 is 23.0 Å². The molecular formula is C26H25F2N3O3S. The van der Waals surface area contributed by atoms with Crippen molar-refractivity contribution in [1.82, 2.24) is 14.9 Å². The highest BCUT2D eigenvalue weighted by Crippen LogP contribution is 2.35. The average molecular weight is 498 g/mol. The van der Waals surface area contributed by atoms with E-state index in [0.717, 1.165) is 37.3 Å². The van der Waals surface area contributed by atoms with Gasteiger partial charge in [0.2, 0.25) is 5.88 Å². The molecule has 5 rings (SSSR count). The van der Waals surface area contributed by atoms with Crippen molar-refractivity contribution in [3.63, 3.8) is 0 Å². The smallest absolute Gasteiger partial charge is 0.241 e. The number of benzene rings is 2. The van der Waals surface area contributed by atoms with E-state index in [1.807, 2.05) is 35.7 Å². The summed E-state index contributed by atoms with van der Waals surface area (Å²) < 4.78 is 45.7. The second-order valence-electron chi connectivity index (χ2n) is 8.56. The Labute approximate surface area is 206 Å². The number of aromatic nitrogens is 2. The first kappa shape index (κ1) is 23.6. The number of halogens is 2. The van der Waals surface area contributed by atoms with Crippen LogP contribution < -0.4 is 9.47 Å². The Kier molecular flexibility index (Phi) is 6.90. The molecule has 4 aromatic rings. The molecule has 2 atom stereocenters. The highest BCUT2D eigenvalue weighted by atomic mass is 32.1. The van der Waals surface area contributed by atoms with Gasteiger partial charge in [0.15, 0.2) is 17.4 Å². The van der Waals surface area contributed by atoms with Crippen LogP contribution in [0.15, 0.2) is 53.9 Å². The lowest BCUT2D eigenvalue weighted by Crippen LogP contribution is -2.46. The van der Waals surface area contributed by atoms with E-state index in [1.165, 1.54) is 17.4 Å². The van der Waals surface area contributed by atoms with Crippen molar-refractivity contribution in [2.75, 3.05) is 26.2 Å². The number of thiophene rings is 1. The van der Waals surface area contributed by atoms with Gasteiger partial charge in [-0.15, -0.1) is 11.3 Å². The van der Waals surface area contributed by atoms with Gasteiger partial charge in [-0.3, -0.25) is 4.90 Å². The van der Waals surface area contributed by atoms with Gasteiger partial charge in [-0.05, 0) is 49.6 Å². The molecular weight excluding hydrogens is 472 g/mol. The summed E-state index contributed by atoms with van der Waals surface area (Å²) in [6.07, 6.45) is 0.428. The molecule has 2 aromatic carbocycles. The number of morpholine rings is 1. The number of rotatable bonds is 7. The van der Waals surface area contributed by atoms with Gasteiger partial charge >= 0.3 is 0 Å². The molecule has 6 nitrogen and oxygen atoms in total. The van der Waals surface area contributed by atoms with Gasteiger partial charge in [0, 0.05) is 31.3 Å². The van der Waals surface area contributed by atoms with Crippen LogP contribution in [-0.2, 0) is 4.74 Å². The van der Waals surface area contributed by atoms with Crippen LogP contribution in [0.1, 0.15) is 13.8 Å². The molecule has 0 spiro atoms. The third kappa shape index (κ3) is 5.58. The highest BCUT2D eigenvalue weighted by molar-refractivity contribution is 7.17. The molecule has 0 saturated carbocycles. The molecule has 0 aliphatic carbocycles. The monoisotopic (exact) mass is 497 g/mol. The topological polar surface area (TPSA) is 56.7 Å². The summed E-state index contributed by atoms with van der Waals surface area (Å²) in [4.78, 5) is 11.5. The van der Waals surface area contributed by atoms with E-state index < -0.39 is 11.6 Å². The zero-order valence-corrected chi connectivity index (χ0v) is 20.2. The molecule has 35 heavy (non-hydrogen) atoms. The molecule has 9 heteroatoms. The van der Waals surface area contributed by atoms with Crippen molar-refractivity contribution in [3.05, 3.63) is 65.5 Å². The molecule has 0 amide bonds. The minimum absolute atomic E-state index is 0.102. The lowest BCUT2D eigenvalue weighted by Gasteiger charge is -2.35. The summed E-state index contributed by atoms with van der Waals surface area (Å²) in [7, 11) is 0. The molecule has 0 radical (unpaired) electrons. The quantitative estimate of drug-likeness (QED) is 0.316. The Balaban J connectivity index is 1.34. The summed E-state index contributed by atoms with van der Waals surface area (Å²) in [5.41, 5.74) is 1.42. The van der Waals surface area contributed by atoms with Crippen LogP contribution in [-0.4, -0.2) is 53.3 Å². The lowest BCUT2D eigenvalue weighted by molar-refractivity contribution is -0.0699. The van der Waals surface area contributed by atoms with Crippen molar-refractivity contribution in [2.24, 2.45) is 0 Å². The predicted octanol–water partition coefficient (Wildman–Crippen LogP) is 5.92. The Bertz CT molecular complexity index is 1320. The van der Waals surface area contributed by atoms with Gasteiger partial charge in [0.05, 0.1) is 17.7 Å². The molecule has 3 heterocycles. The van der Waals surface area contributed by atoms with Crippen LogP contribution >= 0.6 is 11.3 Å². The Morgan fingerprint density at radius 3 is 2.69 bits per heavy atom. The summed E-state index contributed by atoms with van der Waals surface area (Å²) in [6, 6.07) is 12.6. The molecule has 0 bridgehead atoms. The predicted molar refractivity (Wildman–Crippen MR) is 131 cm³/mol. The van der Waals surface area contributed by atoms with E-state index in [0.29, 0.717) is 28.4 Å². The minimum atomic E-state index is -0.797. The van der Waals surface area contributed by atoms with Gasteiger partial charge in [0.1, 0.15) is 22.9 Å². The summed E-state index contributed by atoms with van der Waals surface area (Å²) >= 11 is 1.39. The fourth-order valence-electron chi connectivity index (χ4n) is 4.18. The number of ether oxygens (including phenoxy) is 3. The standard InChI is InChI=1S/C26H25F2N3O3S/c1-16-14-31(15-17(2)33-16)9-10-32-20-5-3-4-18(12-20)25-29-22-8-11-35-24(22)26(30-25)34-23-7-6-19(27)13-21(23)28/h3-8,11-13,16-17H,9-10,14-15H2,1-2H3. The van der Waals surface area contributed by atoms with Crippen LogP contribution in [0.3, 0.4) is 0 Å². The second kappa shape index (κ2) is 10.2. The Morgan fingerprint density at radius 2 is 1.89 bits per heavy atom. The maximum Gasteiger partial charge on any atom is 0.241 e. The van der Waals surface area contributed by atoms with Crippen LogP contribution in [0.25, 0.3) is 21.6 Å². The van der Waals surface area contributed by atoms with Gasteiger partial charge < -0.3 is 14.2 Å². The molecule has 1 aliphatic heterocycles. The summed E-state index contributed by atoms with van der Waals surface area (Å²) in [6.45, 7) is 7.30. The fraction of sp³-hybridized carbons (Fsp3) is 0.308. The molecule has 1 aliphatic rings. The van der Waals surface area contributed by atoms with E-state index in [9.17, 15) is 8.78 Å². The zero-order chi connectivity index (χ0) is 24.4. The van der Waals surface area contributed by atoms with E-state index >= 15 is 0 Å². The van der Waals surface area contributed by atoms with Gasteiger partial charge in [-0.25, -0.2) is 13.8 Å². The van der Waals surface area contributed by atoms with Crippen LogP contribution in [0, 0.1) is 11.6 Å². The largest absolute Gasteiger partial charge is 0.492 e. The zero-order valence-electron chi connectivity index (χ0n) is 19.4. The van der Waals surface area contributed by atoms with E-state index in [-0.39, 0.29) is 23.8 Å². The van der Waals surface area contributed by atoms with Crippen molar-refractivity contribution in [3.8, 4) is 28.8 Å². The normalized spacial score (nSPS) is 18.6. The minimum Gasteiger partial charge on any atom is -0.492 e. The maximum absolute atomic E-state index is 14.2. The number of fused-ring (bicyclic) bond motifs is 1. The fourth-order valence-corrected chi connectivity index (χ4v) is 4.94. The van der Waals surface area contributed by atoms with Crippen LogP contribution in [0.4, 0.5) is 8.78 Å². The van der Waals surface area contributed by atoms with Gasteiger partial charge in [0.25, 0.3) is 0 Å². The first-order valence-corrected chi connectivity index (χ1v) is 12.3. The number of hydrogen-bond acceptors (Lipinski definition) is 7. The van der Waals surface area contributed by atoms with Crippen LogP contribution in [0.2, 0.25) is 0 Å². The van der Waals surface area contributed by atoms with Crippen LogP contribution in [0.5, 0.6) is 17.4 Å². The van der Waals surface area contributed by atoms with Gasteiger partial charge in [-0.2, -0.15) is 4.98 Å². The van der Waals surface area contributed by atoms with Gasteiger partial charge in [-0.1, -0.05) is 12.1 Å². The van der Waals surface area contributed by atoms with E-state index in [1.54, 1.807) is 0 Å².